The largest absolute Gasteiger partial charge is 0.501 e. The number of carbonyl (C=O) groups excluding carboxylic acids is 1. The molecule has 1 saturated carbocycles. The first-order valence-corrected chi connectivity index (χ1v) is 10.3. The van der Waals surface area contributed by atoms with Gasteiger partial charge >= 0.3 is 5.97 Å². The van der Waals surface area contributed by atoms with Gasteiger partial charge in [-0.1, -0.05) is 31.6 Å². The van der Waals surface area contributed by atoms with E-state index in [-0.39, 0.29) is 22.4 Å². The Hall–Kier alpha value is -1.51. The van der Waals surface area contributed by atoms with Crippen molar-refractivity contribution in [1.82, 2.24) is 0 Å². The molecular weight excluding hydrogens is 324 g/mol. The van der Waals surface area contributed by atoms with E-state index in [9.17, 15) is 4.79 Å². The number of hydrogen-bond acceptors (Lipinski definition) is 3. The van der Waals surface area contributed by atoms with E-state index in [1.165, 1.54) is 12.0 Å². The number of allylic oxidation sites excluding steroid dienone is 6. The molecule has 3 unspecified atom stereocenters. The molecule has 0 N–H and O–H groups in total. The molecule has 0 amide bonds. The van der Waals surface area contributed by atoms with Gasteiger partial charge in [-0.15, -0.1) is 0 Å². The first-order valence-electron chi connectivity index (χ1n) is 10.3. The van der Waals surface area contributed by atoms with Crippen LogP contribution >= 0.6 is 0 Å². The highest BCUT2D eigenvalue weighted by Gasteiger charge is 2.65. The Morgan fingerprint density at radius 1 is 1.15 bits per heavy atom. The normalized spacial score (nSPS) is 46.6. The predicted molar refractivity (Wildman–Crippen MR) is 100 cm³/mol. The number of hydrogen-bond donors (Lipinski definition) is 0. The fraction of sp³-hybridized carbons (Fsp3) is 0.696. The third kappa shape index (κ3) is 1.92. The summed E-state index contributed by atoms with van der Waals surface area (Å²) in [6, 6.07) is 0. The lowest BCUT2D eigenvalue weighted by atomic mass is 9.52. The number of carbonyl (C=O) groups is 1. The summed E-state index contributed by atoms with van der Waals surface area (Å²) in [4.78, 5) is 11.9. The van der Waals surface area contributed by atoms with Gasteiger partial charge in [-0.25, -0.2) is 0 Å². The second-order valence-electron chi connectivity index (χ2n) is 9.54. The van der Waals surface area contributed by atoms with Crippen LogP contribution in [0.25, 0.3) is 0 Å². The van der Waals surface area contributed by atoms with E-state index in [4.69, 9.17) is 9.47 Å². The molecule has 5 atom stereocenters. The molecule has 3 nitrogen and oxygen atoms in total. The molecule has 0 aromatic rings. The Kier molecular flexibility index (Phi) is 3.37. The van der Waals surface area contributed by atoms with Gasteiger partial charge in [0.05, 0.1) is 12.9 Å². The average Bonchev–Trinajstić information content (AvgIpc) is 3.15. The Morgan fingerprint density at radius 2 is 2.00 bits per heavy atom. The van der Waals surface area contributed by atoms with Gasteiger partial charge in [0.1, 0.15) is 5.60 Å². The van der Waals surface area contributed by atoms with Gasteiger partial charge in [-0.2, -0.15) is 0 Å². The molecule has 1 aliphatic heterocycles. The van der Waals surface area contributed by atoms with Gasteiger partial charge in [-0.05, 0) is 62.0 Å². The molecule has 0 aromatic carbocycles. The summed E-state index contributed by atoms with van der Waals surface area (Å²) in [6.45, 7) is 4.84. The standard InChI is InChI=1S/C23H30O3/c1-21-10-6-16(25-3)14-15(21)4-5-17-18(21)7-11-22(2)19(17)8-12-23(22)13-9-20(24)26-23/h4,7,14,17,19H,5-6,8-13H2,1-3H3/t17?,19?,21?,22-,23+/m0/s1. The van der Waals surface area contributed by atoms with Crippen LogP contribution in [0.4, 0.5) is 0 Å². The van der Waals surface area contributed by atoms with Crippen LogP contribution in [0.2, 0.25) is 0 Å². The molecule has 2 fully saturated rings. The van der Waals surface area contributed by atoms with E-state index in [1.54, 1.807) is 12.7 Å². The summed E-state index contributed by atoms with van der Waals surface area (Å²) in [7, 11) is 1.78. The van der Waals surface area contributed by atoms with Crippen LogP contribution < -0.4 is 0 Å². The van der Waals surface area contributed by atoms with E-state index >= 15 is 0 Å². The van der Waals surface area contributed by atoms with Gasteiger partial charge in [0.25, 0.3) is 0 Å². The lowest BCUT2D eigenvalue weighted by molar-refractivity contribution is -0.160. The molecule has 4 aliphatic carbocycles. The second-order valence-corrected chi connectivity index (χ2v) is 9.54. The van der Waals surface area contributed by atoms with Gasteiger partial charge < -0.3 is 9.47 Å². The molecule has 1 heterocycles. The minimum atomic E-state index is -0.197. The Balaban J connectivity index is 1.53. The van der Waals surface area contributed by atoms with Crippen LogP contribution in [0.15, 0.2) is 35.1 Å². The Morgan fingerprint density at radius 3 is 2.73 bits per heavy atom. The molecule has 3 heteroatoms. The molecule has 0 radical (unpaired) electrons. The highest BCUT2D eigenvalue weighted by atomic mass is 16.6. The van der Waals surface area contributed by atoms with Gasteiger partial charge in [0.15, 0.2) is 0 Å². The summed E-state index contributed by atoms with van der Waals surface area (Å²) >= 11 is 0. The minimum absolute atomic E-state index is 0.0175. The van der Waals surface area contributed by atoms with Crippen LogP contribution in [-0.2, 0) is 14.3 Å². The molecule has 1 spiro atoms. The average molecular weight is 354 g/mol. The fourth-order valence-electron chi connectivity index (χ4n) is 7.06. The highest BCUT2D eigenvalue weighted by Crippen LogP contribution is 2.67. The summed E-state index contributed by atoms with van der Waals surface area (Å²) < 4.78 is 11.5. The lowest BCUT2D eigenvalue weighted by Gasteiger charge is -2.53. The first kappa shape index (κ1) is 16.6. The lowest BCUT2D eigenvalue weighted by Crippen LogP contribution is -2.50. The SMILES string of the molecule is COC1=CC2=CCC3C(=CC[C@@]4(C)C3CC[C@@]43CCC(=O)O3)C2(C)CC1. The van der Waals surface area contributed by atoms with Crippen molar-refractivity contribution in [2.45, 2.75) is 70.8 Å². The summed E-state index contributed by atoms with van der Waals surface area (Å²) in [5.74, 6) is 2.38. The third-order valence-corrected chi connectivity index (χ3v) is 8.71. The smallest absolute Gasteiger partial charge is 0.306 e. The van der Waals surface area contributed by atoms with Crippen molar-refractivity contribution in [3.63, 3.8) is 0 Å². The van der Waals surface area contributed by atoms with E-state index in [0.717, 1.165) is 44.3 Å². The van der Waals surface area contributed by atoms with Gasteiger partial charge in [0, 0.05) is 23.7 Å². The molecule has 5 rings (SSSR count). The number of ether oxygens (including phenoxy) is 2. The molecule has 0 bridgehead atoms. The minimum Gasteiger partial charge on any atom is -0.501 e. The molecular formula is C23H30O3. The maximum Gasteiger partial charge on any atom is 0.306 e. The van der Waals surface area contributed by atoms with Crippen LogP contribution in [0.1, 0.15) is 65.2 Å². The van der Waals surface area contributed by atoms with Crippen molar-refractivity contribution in [3.8, 4) is 0 Å². The van der Waals surface area contributed by atoms with Crippen LogP contribution in [0, 0.1) is 22.7 Å². The van der Waals surface area contributed by atoms with Gasteiger partial charge in [0.2, 0.25) is 0 Å². The molecule has 5 aliphatic rings. The van der Waals surface area contributed by atoms with E-state index in [2.05, 4.69) is 32.1 Å². The van der Waals surface area contributed by atoms with Crippen molar-refractivity contribution in [3.05, 3.63) is 35.1 Å². The van der Waals surface area contributed by atoms with Crippen LogP contribution in [0.5, 0.6) is 0 Å². The molecule has 26 heavy (non-hydrogen) atoms. The number of rotatable bonds is 1. The summed E-state index contributed by atoms with van der Waals surface area (Å²) in [5.41, 5.74) is 3.18. The Bertz CT molecular complexity index is 759. The van der Waals surface area contributed by atoms with Crippen molar-refractivity contribution in [2.75, 3.05) is 7.11 Å². The predicted octanol–water partition coefficient (Wildman–Crippen LogP) is 5.09. The maximum atomic E-state index is 11.9. The highest BCUT2D eigenvalue weighted by molar-refractivity contribution is 5.72. The monoisotopic (exact) mass is 354 g/mol. The third-order valence-electron chi connectivity index (χ3n) is 8.71. The van der Waals surface area contributed by atoms with E-state index in [0.29, 0.717) is 18.3 Å². The fourth-order valence-corrected chi connectivity index (χ4v) is 7.06. The second kappa shape index (κ2) is 5.27. The molecule has 0 aromatic heterocycles. The van der Waals surface area contributed by atoms with Crippen molar-refractivity contribution >= 4 is 5.97 Å². The molecule has 1 saturated heterocycles. The zero-order chi connectivity index (χ0) is 18.2. The summed E-state index contributed by atoms with van der Waals surface area (Å²) in [5, 5.41) is 0. The molecule has 140 valence electrons. The quantitative estimate of drug-likeness (QED) is 0.486. The van der Waals surface area contributed by atoms with Crippen LogP contribution in [0.3, 0.4) is 0 Å². The summed E-state index contributed by atoms with van der Waals surface area (Å²) in [6.07, 6.45) is 15.4. The van der Waals surface area contributed by atoms with Gasteiger partial charge in [-0.3, -0.25) is 4.79 Å². The van der Waals surface area contributed by atoms with Crippen molar-refractivity contribution in [1.29, 1.82) is 0 Å². The topological polar surface area (TPSA) is 35.5 Å². The number of fused-ring (bicyclic) bond motifs is 6. The van der Waals surface area contributed by atoms with E-state index < -0.39 is 0 Å². The van der Waals surface area contributed by atoms with E-state index in [1.807, 2.05) is 0 Å². The number of esters is 1. The van der Waals surface area contributed by atoms with Crippen molar-refractivity contribution in [2.24, 2.45) is 22.7 Å². The maximum absolute atomic E-state index is 11.9. The zero-order valence-electron chi connectivity index (χ0n) is 16.3. The Labute approximate surface area is 156 Å². The first-order chi connectivity index (χ1) is 12.4. The number of methoxy groups -OCH3 is 1. The zero-order valence-corrected chi connectivity index (χ0v) is 16.3. The van der Waals surface area contributed by atoms with Crippen LogP contribution in [-0.4, -0.2) is 18.7 Å². The van der Waals surface area contributed by atoms with Crippen molar-refractivity contribution < 1.29 is 14.3 Å².